The van der Waals surface area contributed by atoms with E-state index in [9.17, 15) is 0 Å². The van der Waals surface area contributed by atoms with Crippen molar-refractivity contribution in [3.63, 3.8) is 0 Å². The number of hydrogen-bond donors (Lipinski definition) is 1. The first-order valence-corrected chi connectivity index (χ1v) is 5.89. The minimum absolute atomic E-state index is 0.480. The zero-order valence-corrected chi connectivity index (χ0v) is 8.73. The number of hydrogen-bond acceptors (Lipinski definition) is 3. The van der Waals surface area contributed by atoms with Crippen molar-refractivity contribution in [2.24, 2.45) is 4.99 Å². The van der Waals surface area contributed by atoms with Crippen LogP contribution in [0.25, 0.3) is 0 Å². The summed E-state index contributed by atoms with van der Waals surface area (Å²) in [4.78, 5) is 4.40. The van der Waals surface area contributed by atoms with Gasteiger partial charge in [0.2, 0.25) is 0 Å². The van der Waals surface area contributed by atoms with Gasteiger partial charge in [-0.1, -0.05) is 0 Å². The molecule has 0 bridgehead atoms. The van der Waals surface area contributed by atoms with Crippen LogP contribution in [0.4, 0.5) is 0 Å². The number of thioether (sulfide) groups is 1. The molecule has 0 aromatic rings. The normalized spacial score (nSPS) is 26.7. The van der Waals surface area contributed by atoms with Gasteiger partial charge in [-0.15, -0.1) is 11.8 Å². The molecule has 0 radical (unpaired) electrons. The zero-order chi connectivity index (χ0) is 8.81. The fraction of sp³-hybridized carbons (Fsp3) is 0.889. The van der Waals surface area contributed by atoms with Gasteiger partial charge in [-0.2, -0.15) is 0 Å². The second-order valence-corrected chi connectivity index (χ2v) is 4.05. The topological polar surface area (TPSA) is 24.4 Å². The van der Waals surface area contributed by atoms with Crippen LogP contribution in [0.3, 0.4) is 0 Å². The molecule has 0 saturated carbocycles. The van der Waals surface area contributed by atoms with Gasteiger partial charge < -0.3 is 5.32 Å². The minimum atomic E-state index is 0.480. The first kappa shape index (κ1) is 10.1. The molecule has 0 aliphatic carbocycles. The second kappa shape index (κ2) is 5.60. The molecule has 1 N–H and O–H groups in total. The lowest BCUT2D eigenvalue weighted by Crippen LogP contribution is -2.24. The highest BCUT2D eigenvalue weighted by Crippen LogP contribution is 2.12. The summed E-state index contributed by atoms with van der Waals surface area (Å²) < 4.78 is 0. The maximum atomic E-state index is 4.40. The number of nitrogens with one attached hydrogen (secondary N) is 1. The predicted octanol–water partition coefficient (Wildman–Crippen LogP) is 1.91. The van der Waals surface area contributed by atoms with E-state index in [0.29, 0.717) is 6.04 Å². The molecule has 1 aliphatic heterocycles. The monoisotopic (exact) mass is 186 g/mol. The van der Waals surface area contributed by atoms with Crippen LogP contribution in [0.15, 0.2) is 4.99 Å². The molecule has 0 amide bonds. The van der Waals surface area contributed by atoms with E-state index in [0.717, 1.165) is 6.04 Å². The molecule has 70 valence electrons. The lowest BCUT2D eigenvalue weighted by molar-refractivity contribution is 0.510. The Morgan fingerprint density at radius 2 is 2.58 bits per heavy atom. The van der Waals surface area contributed by atoms with Crippen LogP contribution in [0.1, 0.15) is 26.2 Å². The van der Waals surface area contributed by atoms with Gasteiger partial charge in [0.05, 0.1) is 5.55 Å². The maximum Gasteiger partial charge on any atom is 0.0541 e. The van der Waals surface area contributed by atoms with Crippen molar-refractivity contribution in [3.8, 4) is 0 Å². The summed E-state index contributed by atoms with van der Waals surface area (Å²) in [6.07, 6.45) is 5.91. The summed E-state index contributed by atoms with van der Waals surface area (Å²) in [5.41, 5.74) is 1.94. The zero-order valence-electron chi connectivity index (χ0n) is 7.92. The molecule has 2 atom stereocenters. The number of aliphatic imine (C=N–C) groups is 1. The van der Waals surface area contributed by atoms with Crippen LogP contribution >= 0.6 is 11.8 Å². The molecule has 1 fully saturated rings. The average Bonchev–Trinajstić information content (AvgIpc) is 2.53. The molecule has 1 heterocycles. The predicted molar refractivity (Wildman–Crippen MR) is 57.1 cm³/mol. The van der Waals surface area contributed by atoms with Crippen molar-refractivity contribution >= 4 is 17.3 Å². The van der Waals surface area contributed by atoms with Crippen molar-refractivity contribution in [3.05, 3.63) is 0 Å². The summed E-state index contributed by atoms with van der Waals surface area (Å²) in [5, 5.41) is 3.48. The molecule has 1 aliphatic rings. The third kappa shape index (κ3) is 3.59. The summed E-state index contributed by atoms with van der Waals surface area (Å²) in [5.74, 6) is 0. The van der Waals surface area contributed by atoms with Crippen LogP contribution in [-0.4, -0.2) is 30.4 Å². The molecule has 0 spiro atoms. The Labute approximate surface area is 79.2 Å². The molecule has 12 heavy (non-hydrogen) atoms. The van der Waals surface area contributed by atoms with Crippen molar-refractivity contribution in [2.45, 2.75) is 38.3 Å². The summed E-state index contributed by atoms with van der Waals surface area (Å²) in [7, 11) is 0. The third-order valence-corrected chi connectivity index (χ3v) is 2.54. The highest BCUT2D eigenvalue weighted by atomic mass is 32.2. The average molecular weight is 186 g/mol. The Morgan fingerprint density at radius 3 is 3.17 bits per heavy atom. The highest BCUT2D eigenvalue weighted by Gasteiger charge is 2.15. The van der Waals surface area contributed by atoms with Crippen LogP contribution in [-0.2, 0) is 0 Å². The fourth-order valence-electron chi connectivity index (χ4n) is 1.60. The SMILES string of the molecule is CSC=NC(C)CC1CCCN1. The van der Waals surface area contributed by atoms with Gasteiger partial charge in [-0.25, -0.2) is 0 Å². The first-order valence-electron chi connectivity index (χ1n) is 4.60. The molecule has 2 nitrogen and oxygen atoms in total. The summed E-state index contributed by atoms with van der Waals surface area (Å²) >= 11 is 1.68. The van der Waals surface area contributed by atoms with Gasteiger partial charge in [0.25, 0.3) is 0 Å². The molecule has 2 unspecified atom stereocenters. The Morgan fingerprint density at radius 1 is 1.75 bits per heavy atom. The highest BCUT2D eigenvalue weighted by molar-refractivity contribution is 8.11. The maximum absolute atomic E-state index is 4.40. The van der Waals surface area contributed by atoms with Crippen LogP contribution in [0.5, 0.6) is 0 Å². The smallest absolute Gasteiger partial charge is 0.0541 e. The quantitative estimate of drug-likeness (QED) is 0.536. The van der Waals surface area contributed by atoms with E-state index in [4.69, 9.17) is 0 Å². The Hall–Kier alpha value is -0.0200. The fourth-order valence-corrected chi connectivity index (χ4v) is 1.92. The van der Waals surface area contributed by atoms with Gasteiger partial charge in [0.1, 0.15) is 0 Å². The van der Waals surface area contributed by atoms with Gasteiger partial charge >= 0.3 is 0 Å². The molecule has 0 aromatic heterocycles. The standard InChI is InChI=1S/C9H18N2S/c1-8(11-7-12-2)6-9-4-3-5-10-9/h7-10H,3-6H2,1-2H3. The van der Waals surface area contributed by atoms with Crippen molar-refractivity contribution in [2.75, 3.05) is 12.8 Å². The van der Waals surface area contributed by atoms with Crippen LogP contribution in [0, 0.1) is 0 Å². The van der Waals surface area contributed by atoms with Crippen LogP contribution in [0.2, 0.25) is 0 Å². The lowest BCUT2D eigenvalue weighted by atomic mass is 10.1. The third-order valence-electron chi connectivity index (χ3n) is 2.21. The van der Waals surface area contributed by atoms with E-state index in [-0.39, 0.29) is 0 Å². The number of nitrogens with zero attached hydrogens (tertiary/aromatic N) is 1. The van der Waals surface area contributed by atoms with E-state index in [1.54, 1.807) is 11.8 Å². The molecular weight excluding hydrogens is 168 g/mol. The van der Waals surface area contributed by atoms with E-state index < -0.39 is 0 Å². The molecule has 1 saturated heterocycles. The molecule has 3 heteroatoms. The Kier molecular flexibility index (Phi) is 4.69. The summed E-state index contributed by atoms with van der Waals surface area (Å²) in [6.45, 7) is 3.39. The Balaban J connectivity index is 2.15. The lowest BCUT2D eigenvalue weighted by Gasteiger charge is -2.12. The molecule has 1 rings (SSSR count). The molecular formula is C9H18N2S. The van der Waals surface area contributed by atoms with Crippen molar-refractivity contribution in [1.82, 2.24) is 5.32 Å². The van der Waals surface area contributed by atoms with E-state index in [1.807, 2.05) is 11.8 Å². The van der Waals surface area contributed by atoms with Crippen molar-refractivity contribution < 1.29 is 0 Å². The second-order valence-electron chi connectivity index (χ2n) is 3.37. The van der Waals surface area contributed by atoms with Crippen LogP contribution < -0.4 is 5.32 Å². The summed E-state index contributed by atoms with van der Waals surface area (Å²) in [6, 6.07) is 1.20. The van der Waals surface area contributed by atoms with E-state index in [1.165, 1.54) is 25.8 Å². The minimum Gasteiger partial charge on any atom is -0.314 e. The number of rotatable bonds is 4. The van der Waals surface area contributed by atoms with Gasteiger partial charge in [-0.05, 0) is 39.0 Å². The molecule has 0 aromatic carbocycles. The van der Waals surface area contributed by atoms with Crippen molar-refractivity contribution in [1.29, 1.82) is 0 Å². The van der Waals surface area contributed by atoms with E-state index >= 15 is 0 Å². The van der Waals surface area contributed by atoms with Gasteiger partial charge in [0.15, 0.2) is 0 Å². The van der Waals surface area contributed by atoms with E-state index in [2.05, 4.69) is 17.2 Å². The van der Waals surface area contributed by atoms with Gasteiger partial charge in [-0.3, -0.25) is 4.99 Å². The Bertz CT molecular complexity index is 141. The largest absolute Gasteiger partial charge is 0.314 e. The first-order chi connectivity index (χ1) is 5.83. The van der Waals surface area contributed by atoms with Gasteiger partial charge in [0, 0.05) is 12.1 Å².